The Labute approximate surface area is 86.9 Å². The van der Waals surface area contributed by atoms with Gasteiger partial charge in [0.15, 0.2) is 0 Å². The van der Waals surface area contributed by atoms with E-state index in [1.807, 2.05) is 6.92 Å². The van der Waals surface area contributed by atoms with Crippen LogP contribution in [0.15, 0.2) is 0 Å². The molecule has 1 aliphatic heterocycles. The quantitative estimate of drug-likeness (QED) is 0.740. The maximum Gasteiger partial charge on any atom is 0.222 e. The van der Waals surface area contributed by atoms with Crippen molar-refractivity contribution in [3.05, 3.63) is 0 Å². The summed E-state index contributed by atoms with van der Waals surface area (Å²) >= 11 is 0. The summed E-state index contributed by atoms with van der Waals surface area (Å²) in [6.45, 7) is 7.08. The number of carbonyl (C=O) groups is 1. The first-order valence-corrected chi connectivity index (χ1v) is 5.79. The Morgan fingerprint density at radius 3 is 2.79 bits per heavy atom. The zero-order chi connectivity index (χ0) is 10.4. The summed E-state index contributed by atoms with van der Waals surface area (Å²) in [5, 5.41) is 3.36. The van der Waals surface area contributed by atoms with Crippen molar-refractivity contribution >= 4 is 5.91 Å². The van der Waals surface area contributed by atoms with E-state index in [0.29, 0.717) is 18.4 Å². The molecule has 82 valence electrons. The molecule has 1 fully saturated rings. The minimum atomic E-state index is 0.306. The van der Waals surface area contributed by atoms with Gasteiger partial charge in [0.1, 0.15) is 0 Å². The highest BCUT2D eigenvalue weighted by Gasteiger charge is 2.23. The van der Waals surface area contributed by atoms with Crippen molar-refractivity contribution in [1.82, 2.24) is 10.2 Å². The van der Waals surface area contributed by atoms with E-state index in [1.54, 1.807) is 0 Å². The Bertz CT molecular complexity index is 176. The second kappa shape index (κ2) is 6.02. The van der Waals surface area contributed by atoms with Crippen molar-refractivity contribution < 1.29 is 4.79 Å². The molecule has 1 atom stereocenters. The Hall–Kier alpha value is -0.570. The van der Waals surface area contributed by atoms with Crippen LogP contribution in [0.2, 0.25) is 0 Å². The van der Waals surface area contributed by atoms with E-state index in [-0.39, 0.29) is 0 Å². The van der Waals surface area contributed by atoms with Crippen LogP contribution < -0.4 is 5.32 Å². The van der Waals surface area contributed by atoms with Crippen molar-refractivity contribution in [1.29, 1.82) is 0 Å². The molecule has 1 rings (SSSR count). The number of rotatable bonds is 4. The second-order valence-electron chi connectivity index (χ2n) is 3.94. The molecule has 0 bridgehead atoms. The van der Waals surface area contributed by atoms with Gasteiger partial charge < -0.3 is 10.2 Å². The predicted molar refractivity (Wildman–Crippen MR) is 58.2 cm³/mol. The van der Waals surface area contributed by atoms with E-state index < -0.39 is 0 Å². The summed E-state index contributed by atoms with van der Waals surface area (Å²) in [6, 6.07) is 0.441. The average molecular weight is 198 g/mol. The fraction of sp³-hybridized carbons (Fsp3) is 0.909. The number of hydrogen-bond donors (Lipinski definition) is 1. The molecule has 1 saturated heterocycles. The van der Waals surface area contributed by atoms with Gasteiger partial charge in [-0.3, -0.25) is 4.79 Å². The van der Waals surface area contributed by atoms with Gasteiger partial charge in [-0.25, -0.2) is 0 Å². The maximum atomic E-state index is 11.7. The lowest BCUT2D eigenvalue weighted by molar-refractivity contribution is -0.133. The summed E-state index contributed by atoms with van der Waals surface area (Å²) in [6.07, 6.45) is 4.05. The van der Waals surface area contributed by atoms with Gasteiger partial charge in [0.25, 0.3) is 0 Å². The highest BCUT2D eigenvalue weighted by molar-refractivity contribution is 5.76. The van der Waals surface area contributed by atoms with Crippen LogP contribution in [0, 0.1) is 0 Å². The van der Waals surface area contributed by atoms with Crippen molar-refractivity contribution in [2.24, 2.45) is 0 Å². The van der Waals surface area contributed by atoms with E-state index in [4.69, 9.17) is 0 Å². The van der Waals surface area contributed by atoms with Crippen molar-refractivity contribution in [2.45, 2.75) is 45.6 Å². The first-order chi connectivity index (χ1) is 6.79. The molecule has 0 spiro atoms. The van der Waals surface area contributed by atoms with E-state index in [1.165, 1.54) is 12.8 Å². The van der Waals surface area contributed by atoms with Gasteiger partial charge in [0.05, 0.1) is 0 Å². The predicted octanol–water partition coefficient (Wildman–Crippen LogP) is 1.39. The highest BCUT2D eigenvalue weighted by atomic mass is 16.2. The minimum Gasteiger partial charge on any atom is -0.338 e. The Kier molecular flexibility index (Phi) is 4.94. The lowest BCUT2D eigenvalue weighted by Gasteiger charge is -2.34. The first-order valence-electron chi connectivity index (χ1n) is 5.79. The minimum absolute atomic E-state index is 0.306. The second-order valence-corrected chi connectivity index (χ2v) is 3.94. The number of hydrogen-bond acceptors (Lipinski definition) is 2. The monoisotopic (exact) mass is 198 g/mol. The standard InChI is InChI=1S/C11H22N2O/c1-3-8-13(11(14)4-2)10-6-5-7-12-9-10/h10,12H,3-9H2,1-2H3. The number of nitrogens with one attached hydrogen (secondary N) is 1. The third-order valence-corrected chi connectivity index (χ3v) is 2.80. The summed E-state index contributed by atoms with van der Waals surface area (Å²) < 4.78 is 0. The molecule has 3 nitrogen and oxygen atoms in total. The van der Waals surface area contributed by atoms with Crippen molar-refractivity contribution in [3.63, 3.8) is 0 Å². The van der Waals surface area contributed by atoms with Gasteiger partial charge in [-0.2, -0.15) is 0 Å². The number of carbonyl (C=O) groups excluding carboxylic acids is 1. The smallest absolute Gasteiger partial charge is 0.222 e. The van der Waals surface area contributed by atoms with Crippen LogP contribution in [0.5, 0.6) is 0 Å². The molecular formula is C11H22N2O. The molecule has 1 amide bonds. The third kappa shape index (κ3) is 2.98. The molecule has 14 heavy (non-hydrogen) atoms. The zero-order valence-electron chi connectivity index (χ0n) is 9.38. The van der Waals surface area contributed by atoms with E-state index in [9.17, 15) is 4.79 Å². The number of piperidine rings is 1. The number of nitrogens with zero attached hydrogens (tertiary/aromatic N) is 1. The third-order valence-electron chi connectivity index (χ3n) is 2.80. The van der Waals surface area contributed by atoms with Gasteiger partial charge in [-0.05, 0) is 25.8 Å². The summed E-state index contributed by atoms with van der Waals surface area (Å²) in [4.78, 5) is 13.8. The van der Waals surface area contributed by atoms with Crippen LogP contribution >= 0.6 is 0 Å². The molecule has 0 radical (unpaired) electrons. The Morgan fingerprint density at radius 1 is 1.50 bits per heavy atom. The van der Waals surface area contributed by atoms with Gasteiger partial charge in [-0.1, -0.05) is 13.8 Å². The van der Waals surface area contributed by atoms with Crippen LogP contribution in [-0.2, 0) is 4.79 Å². The van der Waals surface area contributed by atoms with Crippen molar-refractivity contribution in [2.75, 3.05) is 19.6 Å². The number of amides is 1. The molecule has 1 unspecified atom stereocenters. The van der Waals surface area contributed by atoms with Gasteiger partial charge >= 0.3 is 0 Å². The molecule has 0 aromatic rings. The van der Waals surface area contributed by atoms with Gasteiger partial charge in [0, 0.05) is 25.6 Å². The summed E-state index contributed by atoms with van der Waals surface area (Å²) in [7, 11) is 0. The van der Waals surface area contributed by atoms with Crippen LogP contribution in [0.25, 0.3) is 0 Å². The van der Waals surface area contributed by atoms with E-state index >= 15 is 0 Å². The largest absolute Gasteiger partial charge is 0.338 e. The topological polar surface area (TPSA) is 32.3 Å². The molecule has 0 saturated carbocycles. The maximum absolute atomic E-state index is 11.7. The fourth-order valence-corrected chi connectivity index (χ4v) is 2.05. The molecule has 0 aliphatic carbocycles. The fourth-order valence-electron chi connectivity index (χ4n) is 2.05. The average Bonchev–Trinajstić information content (AvgIpc) is 2.26. The van der Waals surface area contributed by atoms with Crippen LogP contribution in [0.1, 0.15) is 39.5 Å². The van der Waals surface area contributed by atoms with Gasteiger partial charge in [-0.15, -0.1) is 0 Å². The summed E-state index contributed by atoms with van der Waals surface area (Å²) in [5.41, 5.74) is 0. The van der Waals surface area contributed by atoms with Crippen LogP contribution in [0.3, 0.4) is 0 Å². The van der Waals surface area contributed by atoms with Crippen LogP contribution in [-0.4, -0.2) is 36.5 Å². The zero-order valence-corrected chi connectivity index (χ0v) is 9.38. The van der Waals surface area contributed by atoms with E-state index in [2.05, 4.69) is 17.1 Å². The van der Waals surface area contributed by atoms with E-state index in [0.717, 1.165) is 26.1 Å². The first kappa shape index (κ1) is 11.5. The van der Waals surface area contributed by atoms with Gasteiger partial charge in [0.2, 0.25) is 5.91 Å². The molecule has 1 N–H and O–H groups in total. The molecule has 0 aromatic heterocycles. The Morgan fingerprint density at radius 2 is 2.29 bits per heavy atom. The lowest BCUT2D eigenvalue weighted by Crippen LogP contribution is -2.48. The molecule has 0 aromatic carbocycles. The summed E-state index contributed by atoms with van der Waals surface area (Å²) in [5.74, 6) is 0.306. The highest BCUT2D eigenvalue weighted by Crippen LogP contribution is 2.12. The SMILES string of the molecule is CCCN(C(=O)CC)C1CCCNC1. The molecule has 1 heterocycles. The normalized spacial score (nSPS) is 22.0. The molecular weight excluding hydrogens is 176 g/mol. The van der Waals surface area contributed by atoms with Crippen LogP contribution in [0.4, 0.5) is 0 Å². The molecule has 1 aliphatic rings. The Balaban J connectivity index is 2.50. The van der Waals surface area contributed by atoms with Crippen molar-refractivity contribution in [3.8, 4) is 0 Å². The lowest BCUT2D eigenvalue weighted by atomic mass is 10.1. The molecule has 3 heteroatoms.